The Kier molecular flexibility index (Phi) is 9.08. The highest BCUT2D eigenvalue weighted by Crippen LogP contribution is 2.14. The van der Waals surface area contributed by atoms with Gasteiger partial charge in [0.15, 0.2) is 5.96 Å². The maximum absolute atomic E-state index is 11.4. The molecule has 3 N–H and O–H groups in total. The third-order valence-corrected chi connectivity index (χ3v) is 3.25. The predicted molar refractivity (Wildman–Crippen MR) is 102 cm³/mol. The van der Waals surface area contributed by atoms with E-state index in [1.807, 2.05) is 37.1 Å². The quantitative estimate of drug-likeness (QED) is 0.423. The first-order chi connectivity index (χ1) is 9.86. The summed E-state index contributed by atoms with van der Waals surface area (Å²) in [6.07, 6.45) is 0. The Bertz CT molecular complexity index is 488. The van der Waals surface area contributed by atoms with Crippen LogP contribution < -0.4 is 11.1 Å². The molecule has 0 unspecified atom stereocenters. The molecule has 124 valence electrons. The Labute approximate surface area is 150 Å². The van der Waals surface area contributed by atoms with Crippen LogP contribution in [0, 0.1) is 5.41 Å². The summed E-state index contributed by atoms with van der Waals surface area (Å²) in [4.78, 5) is 17.9. The fourth-order valence-electron chi connectivity index (χ4n) is 1.75. The molecule has 0 saturated carbocycles. The smallest absolute Gasteiger partial charge is 0.224 e. The molecule has 0 atom stereocenters. The zero-order valence-corrected chi connectivity index (χ0v) is 16.1. The number of nitrogens with zero attached hydrogens (tertiary/aromatic N) is 2. The lowest BCUT2D eigenvalue weighted by molar-refractivity contribution is -0.125. The van der Waals surface area contributed by atoms with E-state index in [4.69, 9.17) is 5.73 Å². The van der Waals surface area contributed by atoms with Crippen molar-refractivity contribution in [2.24, 2.45) is 16.1 Å². The minimum atomic E-state index is -0.645. The monoisotopic (exact) mass is 418 g/mol. The highest BCUT2D eigenvalue weighted by molar-refractivity contribution is 14.0. The van der Waals surface area contributed by atoms with E-state index in [0.717, 1.165) is 19.0 Å². The molecule has 1 rings (SSSR count). The number of guanidine groups is 1. The number of hydrogen-bond acceptors (Lipinski definition) is 2. The van der Waals surface area contributed by atoms with Gasteiger partial charge in [-0.3, -0.25) is 9.79 Å². The maximum atomic E-state index is 11.4. The van der Waals surface area contributed by atoms with E-state index in [-0.39, 0.29) is 29.9 Å². The first kappa shape index (κ1) is 20.7. The van der Waals surface area contributed by atoms with Gasteiger partial charge in [-0.15, -0.1) is 24.0 Å². The van der Waals surface area contributed by atoms with Gasteiger partial charge in [-0.2, -0.15) is 0 Å². The standard InChI is InChI=1S/C16H26N4O.HI/c1-5-18-15(19-12-16(2,3)14(17)21)20(4)11-13-9-7-6-8-10-13;/h6-10H,5,11-12H2,1-4H3,(H2,17,21)(H,18,19);1H. The Balaban J connectivity index is 0.00000441. The Hall–Kier alpha value is -1.31. The van der Waals surface area contributed by atoms with Gasteiger partial charge in [0.1, 0.15) is 0 Å². The average molecular weight is 418 g/mol. The SMILES string of the molecule is CCNC(=NCC(C)(C)C(N)=O)N(C)Cc1ccccc1.I. The van der Waals surface area contributed by atoms with Crippen LogP contribution in [-0.4, -0.2) is 36.9 Å². The minimum absolute atomic E-state index is 0. The molecular weight excluding hydrogens is 391 g/mol. The first-order valence-electron chi connectivity index (χ1n) is 7.20. The summed E-state index contributed by atoms with van der Waals surface area (Å²) in [5, 5.41) is 3.24. The minimum Gasteiger partial charge on any atom is -0.369 e. The molecule has 1 aromatic rings. The summed E-state index contributed by atoms with van der Waals surface area (Å²) < 4.78 is 0. The molecule has 0 bridgehead atoms. The van der Waals surface area contributed by atoms with Gasteiger partial charge in [0, 0.05) is 20.1 Å². The van der Waals surface area contributed by atoms with E-state index >= 15 is 0 Å². The molecule has 0 aliphatic rings. The van der Waals surface area contributed by atoms with Gasteiger partial charge in [-0.25, -0.2) is 0 Å². The molecule has 0 saturated heterocycles. The van der Waals surface area contributed by atoms with Crippen molar-refractivity contribution in [3.63, 3.8) is 0 Å². The first-order valence-corrected chi connectivity index (χ1v) is 7.20. The summed E-state index contributed by atoms with van der Waals surface area (Å²) in [5.41, 5.74) is 5.95. The fraction of sp³-hybridized carbons (Fsp3) is 0.500. The van der Waals surface area contributed by atoms with Crippen molar-refractivity contribution in [3.05, 3.63) is 35.9 Å². The van der Waals surface area contributed by atoms with E-state index in [2.05, 4.69) is 22.4 Å². The number of nitrogens with two attached hydrogens (primary N) is 1. The van der Waals surface area contributed by atoms with E-state index in [0.29, 0.717) is 6.54 Å². The van der Waals surface area contributed by atoms with Crippen LogP contribution in [0.5, 0.6) is 0 Å². The van der Waals surface area contributed by atoms with Gasteiger partial charge in [-0.05, 0) is 26.3 Å². The molecule has 1 amide bonds. The molecule has 0 aliphatic carbocycles. The summed E-state index contributed by atoms with van der Waals surface area (Å²) in [6.45, 7) is 7.52. The molecule has 0 radical (unpaired) electrons. The van der Waals surface area contributed by atoms with Gasteiger partial charge in [-0.1, -0.05) is 30.3 Å². The van der Waals surface area contributed by atoms with Crippen LogP contribution in [0.3, 0.4) is 0 Å². The van der Waals surface area contributed by atoms with Crippen molar-refractivity contribution in [1.82, 2.24) is 10.2 Å². The average Bonchev–Trinajstić information content (AvgIpc) is 2.44. The summed E-state index contributed by atoms with van der Waals surface area (Å²) >= 11 is 0. The number of benzene rings is 1. The highest BCUT2D eigenvalue weighted by atomic mass is 127. The number of rotatable bonds is 6. The van der Waals surface area contributed by atoms with Crippen molar-refractivity contribution >= 4 is 35.8 Å². The second-order valence-corrected chi connectivity index (χ2v) is 5.76. The molecule has 22 heavy (non-hydrogen) atoms. The lowest BCUT2D eigenvalue weighted by Crippen LogP contribution is -2.40. The van der Waals surface area contributed by atoms with E-state index in [1.54, 1.807) is 13.8 Å². The van der Waals surface area contributed by atoms with Crippen LogP contribution in [0.4, 0.5) is 0 Å². The van der Waals surface area contributed by atoms with Gasteiger partial charge in [0.25, 0.3) is 0 Å². The van der Waals surface area contributed by atoms with Crippen LogP contribution >= 0.6 is 24.0 Å². The van der Waals surface area contributed by atoms with Crippen LogP contribution in [0.2, 0.25) is 0 Å². The molecule has 5 nitrogen and oxygen atoms in total. The predicted octanol–water partition coefficient (Wildman–Crippen LogP) is 2.21. The molecule has 0 fully saturated rings. The van der Waals surface area contributed by atoms with Crippen LogP contribution in [0.25, 0.3) is 0 Å². The van der Waals surface area contributed by atoms with Crippen molar-refractivity contribution in [1.29, 1.82) is 0 Å². The van der Waals surface area contributed by atoms with Gasteiger partial charge in [0.05, 0.1) is 12.0 Å². The van der Waals surface area contributed by atoms with E-state index < -0.39 is 5.41 Å². The van der Waals surface area contributed by atoms with Crippen LogP contribution in [0.1, 0.15) is 26.3 Å². The summed E-state index contributed by atoms with van der Waals surface area (Å²) in [7, 11) is 1.98. The highest BCUT2D eigenvalue weighted by Gasteiger charge is 2.24. The molecule has 6 heteroatoms. The molecule has 1 aromatic carbocycles. The zero-order valence-electron chi connectivity index (χ0n) is 13.8. The molecule has 0 aliphatic heterocycles. The second-order valence-electron chi connectivity index (χ2n) is 5.76. The van der Waals surface area contributed by atoms with Gasteiger partial charge in [0.2, 0.25) is 5.91 Å². The Morgan fingerprint density at radius 1 is 1.32 bits per heavy atom. The largest absolute Gasteiger partial charge is 0.369 e. The number of amides is 1. The van der Waals surface area contributed by atoms with E-state index in [9.17, 15) is 4.79 Å². The zero-order chi connectivity index (χ0) is 15.9. The number of carbonyl (C=O) groups is 1. The number of hydrogen-bond donors (Lipinski definition) is 2. The lowest BCUT2D eigenvalue weighted by atomic mass is 9.93. The fourth-order valence-corrected chi connectivity index (χ4v) is 1.75. The van der Waals surface area contributed by atoms with Crippen molar-refractivity contribution < 1.29 is 4.79 Å². The molecule has 0 aromatic heterocycles. The topological polar surface area (TPSA) is 70.7 Å². The number of carbonyl (C=O) groups excluding carboxylic acids is 1. The number of aliphatic imine (C=N–C) groups is 1. The van der Waals surface area contributed by atoms with Gasteiger partial charge >= 0.3 is 0 Å². The van der Waals surface area contributed by atoms with E-state index in [1.165, 1.54) is 5.56 Å². The number of nitrogens with one attached hydrogen (secondary N) is 1. The Morgan fingerprint density at radius 3 is 2.41 bits per heavy atom. The molecule has 0 spiro atoms. The maximum Gasteiger partial charge on any atom is 0.224 e. The summed E-state index contributed by atoms with van der Waals surface area (Å²) in [6, 6.07) is 10.2. The van der Waals surface area contributed by atoms with Crippen molar-refractivity contribution in [3.8, 4) is 0 Å². The molecule has 0 heterocycles. The van der Waals surface area contributed by atoms with Crippen molar-refractivity contribution in [2.75, 3.05) is 20.1 Å². The normalized spacial score (nSPS) is 11.5. The Morgan fingerprint density at radius 2 is 1.91 bits per heavy atom. The number of primary amides is 1. The third kappa shape index (κ3) is 6.64. The van der Waals surface area contributed by atoms with Crippen LogP contribution in [0.15, 0.2) is 35.3 Å². The lowest BCUT2D eigenvalue weighted by Gasteiger charge is -2.24. The summed E-state index contributed by atoms with van der Waals surface area (Å²) in [5.74, 6) is 0.434. The van der Waals surface area contributed by atoms with Crippen LogP contribution in [-0.2, 0) is 11.3 Å². The number of halogens is 1. The van der Waals surface area contributed by atoms with Crippen molar-refractivity contribution in [2.45, 2.75) is 27.3 Å². The molecular formula is C16H27IN4O. The second kappa shape index (κ2) is 9.66. The van der Waals surface area contributed by atoms with Gasteiger partial charge < -0.3 is 16.0 Å². The third-order valence-electron chi connectivity index (χ3n) is 3.25.